The third-order valence-corrected chi connectivity index (χ3v) is 3.55. The van der Waals surface area contributed by atoms with E-state index in [-0.39, 0.29) is 13.0 Å². The molecule has 0 radical (unpaired) electrons. The molecule has 1 aromatic carbocycles. The minimum absolute atomic E-state index is 0.0513. The predicted molar refractivity (Wildman–Crippen MR) is 81.3 cm³/mol. The maximum Gasteiger partial charge on any atom is 0.319 e. The van der Waals surface area contributed by atoms with Crippen LogP contribution in [0.3, 0.4) is 0 Å². The van der Waals surface area contributed by atoms with Crippen LogP contribution in [0.15, 0.2) is 12.1 Å². The van der Waals surface area contributed by atoms with E-state index >= 15 is 0 Å². The molecule has 0 heterocycles. The van der Waals surface area contributed by atoms with Crippen molar-refractivity contribution in [2.24, 2.45) is 0 Å². The summed E-state index contributed by atoms with van der Waals surface area (Å²) in [5.74, 6) is -1.01. The largest absolute Gasteiger partial charge is 0.481 e. The van der Waals surface area contributed by atoms with Crippen LogP contribution in [0.2, 0.25) is 10.0 Å². The molecule has 1 unspecified atom stereocenters. The molecule has 8 heteroatoms. The van der Waals surface area contributed by atoms with Crippen LogP contribution in [0.1, 0.15) is 12.0 Å². The molecule has 0 fully saturated rings. The molecular weight excluding hydrogens is 319 g/mol. The zero-order chi connectivity index (χ0) is 16.0. The normalized spacial score (nSPS) is 11.8. The molecule has 1 aromatic rings. The number of urea groups is 1. The van der Waals surface area contributed by atoms with Gasteiger partial charge in [-0.25, -0.2) is 4.79 Å². The van der Waals surface area contributed by atoms with Crippen molar-refractivity contribution in [1.82, 2.24) is 5.32 Å². The highest BCUT2D eigenvalue weighted by Crippen LogP contribution is 2.32. The number of anilines is 1. The topological polar surface area (TPSA) is 87.7 Å². The van der Waals surface area contributed by atoms with Crippen molar-refractivity contribution in [3.05, 3.63) is 27.7 Å². The molecule has 116 valence electrons. The first-order valence-electron chi connectivity index (χ1n) is 6.09. The zero-order valence-corrected chi connectivity index (χ0v) is 13.1. The summed E-state index contributed by atoms with van der Waals surface area (Å²) in [6.45, 7) is 1.84. The number of benzene rings is 1. The standard InChI is InChI=1S/C13H16Cl2N2O4/c1-7-3-4-9(14)12(11(7)15)17-13(20)16-6-8(21-2)5-10(18)19/h3-4,8H,5-6H2,1-2H3,(H,18,19)(H2,16,17,20). The fraction of sp³-hybridized carbons (Fsp3) is 0.385. The van der Waals surface area contributed by atoms with Crippen LogP contribution in [-0.2, 0) is 9.53 Å². The van der Waals surface area contributed by atoms with Gasteiger partial charge in [0.1, 0.15) is 0 Å². The highest BCUT2D eigenvalue weighted by Gasteiger charge is 2.15. The summed E-state index contributed by atoms with van der Waals surface area (Å²) in [5.41, 5.74) is 1.08. The second kappa shape index (κ2) is 8.07. The van der Waals surface area contributed by atoms with Crippen LogP contribution in [-0.4, -0.2) is 36.9 Å². The molecule has 2 amide bonds. The first kappa shape index (κ1) is 17.6. The van der Waals surface area contributed by atoms with Crippen molar-refractivity contribution in [1.29, 1.82) is 0 Å². The first-order valence-corrected chi connectivity index (χ1v) is 6.84. The van der Waals surface area contributed by atoms with E-state index in [1.54, 1.807) is 19.1 Å². The molecule has 0 aromatic heterocycles. The van der Waals surface area contributed by atoms with E-state index in [2.05, 4.69) is 10.6 Å². The fourth-order valence-electron chi connectivity index (χ4n) is 1.57. The Labute approximate surface area is 132 Å². The number of halogens is 2. The minimum atomic E-state index is -1.01. The molecule has 0 saturated carbocycles. The molecule has 1 rings (SSSR count). The number of ether oxygens (including phenoxy) is 1. The number of aliphatic carboxylic acids is 1. The second-order valence-electron chi connectivity index (χ2n) is 4.34. The average molecular weight is 335 g/mol. The van der Waals surface area contributed by atoms with Gasteiger partial charge in [-0.2, -0.15) is 0 Å². The molecule has 0 aliphatic rings. The number of aryl methyl sites for hydroxylation is 1. The van der Waals surface area contributed by atoms with Crippen molar-refractivity contribution >= 4 is 40.9 Å². The zero-order valence-electron chi connectivity index (χ0n) is 11.6. The molecule has 0 spiro atoms. The van der Waals surface area contributed by atoms with Crippen molar-refractivity contribution in [3.63, 3.8) is 0 Å². The van der Waals surface area contributed by atoms with E-state index in [9.17, 15) is 9.59 Å². The summed E-state index contributed by atoms with van der Waals surface area (Å²) < 4.78 is 4.95. The minimum Gasteiger partial charge on any atom is -0.481 e. The molecule has 0 aliphatic heterocycles. The Morgan fingerprint density at radius 1 is 1.38 bits per heavy atom. The lowest BCUT2D eigenvalue weighted by molar-refractivity contribution is -0.139. The lowest BCUT2D eigenvalue weighted by atomic mass is 10.2. The van der Waals surface area contributed by atoms with E-state index in [0.717, 1.165) is 5.56 Å². The third-order valence-electron chi connectivity index (χ3n) is 2.75. The van der Waals surface area contributed by atoms with Gasteiger partial charge in [-0.05, 0) is 18.6 Å². The molecule has 1 atom stereocenters. The van der Waals surface area contributed by atoms with Gasteiger partial charge in [-0.15, -0.1) is 0 Å². The highest BCUT2D eigenvalue weighted by molar-refractivity contribution is 6.40. The van der Waals surface area contributed by atoms with Crippen LogP contribution in [0, 0.1) is 6.92 Å². The number of carbonyl (C=O) groups is 2. The van der Waals surface area contributed by atoms with Crippen molar-refractivity contribution in [2.45, 2.75) is 19.4 Å². The molecule has 3 N–H and O–H groups in total. The van der Waals surface area contributed by atoms with Crippen LogP contribution >= 0.6 is 23.2 Å². The highest BCUT2D eigenvalue weighted by atomic mass is 35.5. The van der Waals surface area contributed by atoms with Gasteiger partial charge >= 0.3 is 12.0 Å². The van der Waals surface area contributed by atoms with Gasteiger partial charge < -0.3 is 20.5 Å². The van der Waals surface area contributed by atoms with E-state index in [1.807, 2.05) is 0 Å². The van der Waals surface area contributed by atoms with Gasteiger partial charge in [0.2, 0.25) is 0 Å². The number of carboxylic acids is 1. The Hall–Kier alpha value is -1.50. The van der Waals surface area contributed by atoms with Crippen LogP contribution < -0.4 is 10.6 Å². The average Bonchev–Trinajstić information content (AvgIpc) is 2.43. The molecule has 0 bridgehead atoms. The van der Waals surface area contributed by atoms with Crippen LogP contribution in [0.25, 0.3) is 0 Å². The van der Waals surface area contributed by atoms with Crippen LogP contribution in [0.4, 0.5) is 10.5 Å². The Bertz CT molecular complexity index is 537. The van der Waals surface area contributed by atoms with Crippen molar-refractivity contribution in [3.8, 4) is 0 Å². The Morgan fingerprint density at radius 2 is 2.05 bits per heavy atom. The molecule has 6 nitrogen and oxygen atoms in total. The van der Waals surface area contributed by atoms with E-state index in [0.29, 0.717) is 15.7 Å². The number of hydrogen-bond donors (Lipinski definition) is 3. The third kappa shape index (κ3) is 5.41. The maximum absolute atomic E-state index is 11.8. The number of nitrogens with one attached hydrogen (secondary N) is 2. The second-order valence-corrected chi connectivity index (χ2v) is 5.13. The number of carboxylic acid groups (broad SMARTS) is 1. The quantitative estimate of drug-likeness (QED) is 0.746. The number of methoxy groups -OCH3 is 1. The maximum atomic E-state index is 11.8. The Morgan fingerprint density at radius 3 is 2.62 bits per heavy atom. The fourth-order valence-corrected chi connectivity index (χ4v) is 2.03. The molecule has 21 heavy (non-hydrogen) atoms. The summed E-state index contributed by atoms with van der Waals surface area (Å²) in [7, 11) is 1.38. The molecule has 0 aliphatic carbocycles. The van der Waals surface area contributed by atoms with Gasteiger partial charge in [0.05, 0.1) is 28.3 Å². The SMILES string of the molecule is COC(CNC(=O)Nc1c(Cl)ccc(C)c1Cl)CC(=O)O. The number of hydrogen-bond acceptors (Lipinski definition) is 3. The summed E-state index contributed by atoms with van der Waals surface area (Å²) in [5, 5.41) is 14.4. The van der Waals surface area contributed by atoms with Gasteiger partial charge in [0.15, 0.2) is 0 Å². The van der Waals surface area contributed by atoms with Crippen molar-refractivity contribution in [2.75, 3.05) is 19.0 Å². The number of amides is 2. The number of carbonyl (C=O) groups excluding carboxylic acids is 1. The van der Waals surface area contributed by atoms with Crippen LogP contribution in [0.5, 0.6) is 0 Å². The summed E-state index contributed by atoms with van der Waals surface area (Å²) in [6.07, 6.45) is -0.820. The van der Waals surface area contributed by atoms with Gasteiger partial charge in [0.25, 0.3) is 0 Å². The number of rotatable bonds is 6. The van der Waals surface area contributed by atoms with E-state index < -0.39 is 18.1 Å². The van der Waals surface area contributed by atoms with E-state index in [4.69, 9.17) is 33.0 Å². The van der Waals surface area contributed by atoms with Gasteiger partial charge in [-0.1, -0.05) is 29.3 Å². The monoisotopic (exact) mass is 334 g/mol. The Balaban J connectivity index is 2.62. The first-order chi connectivity index (χ1) is 9.85. The lowest BCUT2D eigenvalue weighted by Crippen LogP contribution is -2.37. The smallest absolute Gasteiger partial charge is 0.319 e. The predicted octanol–water partition coefficient (Wildman–Crippen LogP) is 2.91. The Kier molecular flexibility index (Phi) is 6.74. The van der Waals surface area contributed by atoms with Gasteiger partial charge in [-0.3, -0.25) is 4.79 Å². The lowest BCUT2D eigenvalue weighted by Gasteiger charge is -2.15. The summed E-state index contributed by atoms with van der Waals surface area (Å²) in [4.78, 5) is 22.4. The van der Waals surface area contributed by atoms with Gasteiger partial charge in [0, 0.05) is 13.7 Å². The molecular formula is C13H16Cl2N2O4. The van der Waals surface area contributed by atoms with E-state index in [1.165, 1.54) is 7.11 Å². The van der Waals surface area contributed by atoms with Crippen molar-refractivity contribution < 1.29 is 19.4 Å². The summed E-state index contributed by atoms with van der Waals surface area (Å²) >= 11 is 12.0. The molecule has 0 saturated heterocycles. The summed E-state index contributed by atoms with van der Waals surface area (Å²) in [6, 6.07) is 2.82.